The third-order valence-electron chi connectivity index (χ3n) is 7.02. The lowest BCUT2D eigenvalue weighted by molar-refractivity contribution is -0.148. The maximum absolute atomic E-state index is 13.6. The number of esters is 1. The predicted octanol–water partition coefficient (Wildman–Crippen LogP) is 5.51. The van der Waals surface area contributed by atoms with Gasteiger partial charge in [0.25, 0.3) is 0 Å². The lowest BCUT2D eigenvalue weighted by Gasteiger charge is -2.31. The Morgan fingerprint density at radius 2 is 1.85 bits per heavy atom. The highest BCUT2D eigenvalue weighted by molar-refractivity contribution is 6.09. The second kappa shape index (κ2) is 10.6. The summed E-state index contributed by atoms with van der Waals surface area (Å²) >= 11 is 0. The highest BCUT2D eigenvalue weighted by atomic mass is 19.4. The standard InChI is InChI=1S/C29H23F3N4O5/c30-29(31,32)19-3-1-2-17(10-19)13-39-27(37)25-21(7-4-16-5-9-23-24(11-16)41-15-40-23)35-28(38)36-26(25)18-6-8-20-22(12-18)34-14-33-20/h1-3,5-6,8-12,14,25-26H,4,7,13,15H2,(H,33,34)(H,36,38). The van der Waals surface area contributed by atoms with Crippen LogP contribution in [-0.4, -0.2) is 34.5 Å². The molecule has 41 heavy (non-hydrogen) atoms. The number of nitrogens with zero attached hydrogens (tertiary/aromatic N) is 2. The Balaban J connectivity index is 1.28. The van der Waals surface area contributed by atoms with Gasteiger partial charge in [-0.05, 0) is 65.9 Å². The summed E-state index contributed by atoms with van der Waals surface area (Å²) in [6.07, 6.45) is -2.31. The van der Waals surface area contributed by atoms with Gasteiger partial charge in [-0.1, -0.05) is 24.3 Å². The Kier molecular flexibility index (Phi) is 6.82. The van der Waals surface area contributed by atoms with Crippen molar-refractivity contribution in [2.24, 2.45) is 10.9 Å². The van der Waals surface area contributed by atoms with E-state index in [-0.39, 0.29) is 25.4 Å². The summed E-state index contributed by atoms with van der Waals surface area (Å²) in [5.74, 6) is -0.503. The van der Waals surface area contributed by atoms with E-state index in [2.05, 4.69) is 20.3 Å². The molecule has 3 heterocycles. The molecule has 0 fully saturated rings. The normalized spacial score (nSPS) is 18.2. The number of nitrogens with one attached hydrogen (secondary N) is 2. The maximum atomic E-state index is 13.6. The first-order valence-electron chi connectivity index (χ1n) is 12.8. The van der Waals surface area contributed by atoms with Gasteiger partial charge in [-0.25, -0.2) is 14.8 Å². The van der Waals surface area contributed by atoms with Crippen molar-refractivity contribution >= 4 is 28.7 Å². The van der Waals surface area contributed by atoms with Crippen molar-refractivity contribution in [2.45, 2.75) is 31.7 Å². The molecule has 2 aliphatic rings. The molecule has 0 aliphatic carbocycles. The lowest BCUT2D eigenvalue weighted by Crippen LogP contribution is -2.45. The number of aromatic nitrogens is 2. The summed E-state index contributed by atoms with van der Waals surface area (Å²) in [7, 11) is 0. The molecule has 4 aromatic rings. The number of urea groups is 1. The topological polar surface area (TPSA) is 115 Å². The van der Waals surface area contributed by atoms with Gasteiger partial charge in [0.15, 0.2) is 11.5 Å². The quantitative estimate of drug-likeness (QED) is 0.286. The Hall–Kier alpha value is -4.87. The fourth-order valence-electron chi connectivity index (χ4n) is 5.00. The Labute approximate surface area is 231 Å². The van der Waals surface area contributed by atoms with E-state index in [1.807, 2.05) is 12.1 Å². The molecule has 3 aromatic carbocycles. The lowest BCUT2D eigenvalue weighted by atomic mass is 9.85. The van der Waals surface area contributed by atoms with Crippen molar-refractivity contribution in [3.63, 3.8) is 0 Å². The molecule has 210 valence electrons. The van der Waals surface area contributed by atoms with Gasteiger partial charge in [0.2, 0.25) is 6.79 Å². The number of aromatic amines is 1. The molecule has 0 saturated carbocycles. The van der Waals surface area contributed by atoms with Crippen LogP contribution in [-0.2, 0) is 28.7 Å². The molecule has 2 unspecified atom stereocenters. The zero-order valence-electron chi connectivity index (χ0n) is 21.4. The molecule has 2 amide bonds. The Morgan fingerprint density at radius 1 is 1.00 bits per heavy atom. The Bertz CT molecular complexity index is 1670. The maximum Gasteiger partial charge on any atom is 0.416 e. The van der Waals surface area contributed by atoms with E-state index in [1.54, 1.807) is 24.3 Å². The fourth-order valence-corrected chi connectivity index (χ4v) is 5.00. The second-order valence-corrected chi connectivity index (χ2v) is 9.68. The van der Waals surface area contributed by atoms with Crippen LogP contribution in [0.25, 0.3) is 11.0 Å². The van der Waals surface area contributed by atoms with Gasteiger partial charge in [-0.3, -0.25) is 4.79 Å². The zero-order chi connectivity index (χ0) is 28.6. The predicted molar refractivity (Wildman–Crippen MR) is 140 cm³/mol. The Morgan fingerprint density at radius 3 is 2.71 bits per heavy atom. The highest BCUT2D eigenvalue weighted by Crippen LogP contribution is 2.35. The third kappa shape index (κ3) is 5.58. The number of imidazole rings is 1. The van der Waals surface area contributed by atoms with E-state index in [4.69, 9.17) is 14.2 Å². The number of ether oxygens (including phenoxy) is 3. The van der Waals surface area contributed by atoms with Crippen LogP contribution in [0.1, 0.15) is 34.7 Å². The number of hydrogen-bond acceptors (Lipinski definition) is 6. The summed E-state index contributed by atoms with van der Waals surface area (Å²) in [5.41, 5.74) is 2.56. The summed E-state index contributed by atoms with van der Waals surface area (Å²) < 4.78 is 55.9. The number of rotatable bonds is 7. The van der Waals surface area contributed by atoms with E-state index in [1.165, 1.54) is 18.5 Å². The molecule has 0 spiro atoms. The first-order chi connectivity index (χ1) is 19.7. The molecule has 2 N–H and O–H groups in total. The summed E-state index contributed by atoms with van der Waals surface area (Å²) in [6.45, 7) is -0.247. The van der Waals surface area contributed by atoms with E-state index in [9.17, 15) is 22.8 Å². The molecule has 9 nitrogen and oxygen atoms in total. The number of aryl methyl sites for hydroxylation is 1. The smallest absolute Gasteiger partial charge is 0.416 e. The van der Waals surface area contributed by atoms with E-state index in [0.29, 0.717) is 40.2 Å². The van der Waals surface area contributed by atoms with Gasteiger partial charge < -0.3 is 24.5 Å². The number of alkyl halides is 3. The minimum atomic E-state index is -4.53. The number of aliphatic imine (C=N–C) groups is 1. The minimum Gasteiger partial charge on any atom is -0.460 e. The van der Waals surface area contributed by atoms with Crippen LogP contribution < -0.4 is 14.8 Å². The van der Waals surface area contributed by atoms with Crippen molar-refractivity contribution in [3.05, 3.63) is 89.2 Å². The highest BCUT2D eigenvalue weighted by Gasteiger charge is 2.40. The van der Waals surface area contributed by atoms with Gasteiger partial charge in [0, 0.05) is 5.71 Å². The number of benzene rings is 3. The van der Waals surface area contributed by atoms with Crippen LogP contribution in [0.15, 0.2) is 72.0 Å². The molecule has 0 radical (unpaired) electrons. The van der Waals surface area contributed by atoms with Crippen LogP contribution in [0.5, 0.6) is 11.5 Å². The molecule has 6 rings (SSSR count). The number of hydrogen-bond donors (Lipinski definition) is 2. The van der Waals surface area contributed by atoms with Gasteiger partial charge in [-0.15, -0.1) is 0 Å². The van der Waals surface area contributed by atoms with Crippen LogP contribution in [0, 0.1) is 5.92 Å². The molecular formula is C29H23F3N4O5. The molecule has 12 heteroatoms. The number of amides is 2. The van der Waals surface area contributed by atoms with Crippen LogP contribution >= 0.6 is 0 Å². The number of H-pyrrole nitrogens is 1. The molecule has 1 aromatic heterocycles. The first-order valence-corrected chi connectivity index (χ1v) is 12.8. The van der Waals surface area contributed by atoms with Crippen molar-refractivity contribution in [2.75, 3.05) is 6.79 Å². The van der Waals surface area contributed by atoms with Gasteiger partial charge in [0.1, 0.15) is 12.5 Å². The van der Waals surface area contributed by atoms with E-state index in [0.717, 1.165) is 17.7 Å². The number of halogens is 3. The zero-order valence-corrected chi connectivity index (χ0v) is 21.4. The monoisotopic (exact) mass is 564 g/mol. The van der Waals surface area contributed by atoms with Crippen molar-refractivity contribution in [1.29, 1.82) is 0 Å². The summed E-state index contributed by atoms with van der Waals surface area (Å²) in [5, 5.41) is 2.76. The minimum absolute atomic E-state index is 0.133. The van der Waals surface area contributed by atoms with Crippen molar-refractivity contribution in [3.8, 4) is 11.5 Å². The van der Waals surface area contributed by atoms with Gasteiger partial charge in [0.05, 0.1) is 29.0 Å². The average molecular weight is 565 g/mol. The number of carbonyl (C=O) groups excluding carboxylic acids is 2. The molecular weight excluding hydrogens is 541 g/mol. The van der Waals surface area contributed by atoms with Crippen molar-refractivity contribution in [1.82, 2.24) is 15.3 Å². The van der Waals surface area contributed by atoms with Crippen LogP contribution in [0.3, 0.4) is 0 Å². The third-order valence-corrected chi connectivity index (χ3v) is 7.02. The van der Waals surface area contributed by atoms with E-state index >= 15 is 0 Å². The van der Waals surface area contributed by atoms with Crippen LogP contribution in [0.2, 0.25) is 0 Å². The van der Waals surface area contributed by atoms with Crippen LogP contribution in [0.4, 0.5) is 18.0 Å². The molecule has 2 aliphatic heterocycles. The molecule has 2 atom stereocenters. The van der Waals surface area contributed by atoms with Gasteiger partial charge >= 0.3 is 18.2 Å². The largest absolute Gasteiger partial charge is 0.460 e. The van der Waals surface area contributed by atoms with E-state index < -0.39 is 35.7 Å². The first kappa shape index (κ1) is 26.4. The molecule has 0 bridgehead atoms. The average Bonchev–Trinajstić information content (AvgIpc) is 3.63. The molecule has 0 saturated heterocycles. The number of fused-ring (bicyclic) bond motifs is 2. The summed E-state index contributed by atoms with van der Waals surface area (Å²) in [6, 6.07) is 13.9. The number of carbonyl (C=O) groups is 2. The van der Waals surface area contributed by atoms with Gasteiger partial charge in [-0.2, -0.15) is 13.2 Å². The van der Waals surface area contributed by atoms with Crippen molar-refractivity contribution < 1.29 is 37.0 Å². The SMILES string of the molecule is O=C1N=C(CCc2ccc3c(c2)OCO3)C(C(=O)OCc2cccc(C(F)(F)F)c2)C(c2ccc3nc[nH]c3c2)N1. The fraction of sp³-hybridized carbons (Fsp3) is 0.241. The second-order valence-electron chi connectivity index (χ2n) is 9.68. The summed E-state index contributed by atoms with van der Waals surface area (Å²) in [4.78, 5) is 37.7.